The first-order chi connectivity index (χ1) is 16.9. The van der Waals surface area contributed by atoms with Gasteiger partial charge in [0, 0.05) is 18.4 Å². The molecule has 2 amide bonds. The highest BCUT2D eigenvalue weighted by Crippen LogP contribution is 2.36. The second kappa shape index (κ2) is 13.7. The van der Waals surface area contributed by atoms with Crippen molar-refractivity contribution in [2.75, 3.05) is 6.54 Å². The molecule has 2 aromatic rings. The van der Waals surface area contributed by atoms with E-state index in [1.54, 1.807) is 6.92 Å². The Labute approximate surface area is 213 Å². The molecule has 2 aromatic carbocycles. The van der Waals surface area contributed by atoms with Crippen molar-refractivity contribution in [2.45, 2.75) is 69.8 Å². The molecule has 0 heterocycles. The van der Waals surface area contributed by atoms with Gasteiger partial charge in [0.2, 0.25) is 11.8 Å². The van der Waals surface area contributed by atoms with E-state index in [0.29, 0.717) is 0 Å². The van der Waals surface area contributed by atoms with Gasteiger partial charge in [0.15, 0.2) is 0 Å². The van der Waals surface area contributed by atoms with Crippen LogP contribution in [0.1, 0.15) is 62.3 Å². The quantitative estimate of drug-likeness (QED) is 0.381. The van der Waals surface area contributed by atoms with E-state index in [4.69, 9.17) is 0 Å². The molecule has 35 heavy (non-hydrogen) atoms. The van der Waals surface area contributed by atoms with Gasteiger partial charge in [-0.05, 0) is 67.3 Å². The van der Waals surface area contributed by atoms with Crippen LogP contribution in [-0.2, 0) is 22.4 Å². The summed E-state index contributed by atoms with van der Waals surface area (Å²) in [6.07, 6.45) is 4.20. The van der Waals surface area contributed by atoms with Crippen LogP contribution < -0.4 is 10.6 Å². The van der Waals surface area contributed by atoms with Gasteiger partial charge in [0.1, 0.15) is 0 Å². The van der Waals surface area contributed by atoms with Crippen molar-refractivity contribution in [2.24, 2.45) is 11.8 Å². The molecule has 190 valence electrons. The van der Waals surface area contributed by atoms with Crippen LogP contribution in [0.5, 0.6) is 0 Å². The Morgan fingerprint density at radius 3 is 2.37 bits per heavy atom. The number of carbonyl (C=O) groups is 2. The number of benzene rings is 2. The van der Waals surface area contributed by atoms with Gasteiger partial charge in [-0.2, -0.15) is 0 Å². The maximum atomic E-state index is 12.7. The van der Waals surface area contributed by atoms with Crippen LogP contribution in [0.3, 0.4) is 0 Å². The van der Waals surface area contributed by atoms with Crippen molar-refractivity contribution in [1.29, 1.82) is 0 Å². The van der Waals surface area contributed by atoms with Crippen LogP contribution in [-0.4, -0.2) is 39.4 Å². The van der Waals surface area contributed by atoms with E-state index in [2.05, 4.69) is 47.9 Å². The van der Waals surface area contributed by atoms with Crippen LogP contribution in [0.2, 0.25) is 0 Å². The molecule has 1 saturated carbocycles. The van der Waals surface area contributed by atoms with Crippen molar-refractivity contribution in [3.05, 3.63) is 71.3 Å². The molecule has 2 aliphatic carbocycles. The average molecular weight is 499 g/mol. The highest BCUT2D eigenvalue weighted by molar-refractivity contribution is 7.94. The summed E-state index contributed by atoms with van der Waals surface area (Å²) < 4.78 is 9.64. The predicted octanol–water partition coefficient (Wildman–Crippen LogP) is 4.53. The summed E-state index contributed by atoms with van der Waals surface area (Å²) in [6.45, 7) is 4.11. The van der Waals surface area contributed by atoms with Gasteiger partial charge in [-0.15, -0.1) is 0 Å². The Kier molecular flexibility index (Phi) is 10.6. The van der Waals surface area contributed by atoms with E-state index in [0.717, 1.165) is 49.7 Å². The van der Waals surface area contributed by atoms with Gasteiger partial charge in [-0.1, -0.05) is 68.4 Å². The molecule has 0 aliphatic heterocycles. The highest BCUT2D eigenvalue weighted by Gasteiger charge is 2.33. The molecule has 4 unspecified atom stereocenters. The van der Waals surface area contributed by atoms with Gasteiger partial charge in [0.25, 0.3) is 0 Å². The highest BCUT2D eigenvalue weighted by atomic mass is 32.2. The fourth-order valence-electron chi connectivity index (χ4n) is 4.33. The first kappa shape index (κ1) is 27.2. The molecule has 1 fully saturated rings. The van der Waals surface area contributed by atoms with E-state index in [-0.39, 0.29) is 42.0 Å². The van der Waals surface area contributed by atoms with Gasteiger partial charge < -0.3 is 20.3 Å². The summed E-state index contributed by atoms with van der Waals surface area (Å²) in [5.74, 6) is -0.440. The molecule has 0 bridgehead atoms. The van der Waals surface area contributed by atoms with Crippen LogP contribution in [0.4, 0.5) is 0 Å². The van der Waals surface area contributed by atoms with Crippen molar-refractivity contribution < 1.29 is 19.2 Å². The molecule has 0 radical (unpaired) electrons. The van der Waals surface area contributed by atoms with E-state index in [1.807, 2.05) is 24.3 Å². The molecule has 4 N–H and O–H groups in total. The predicted molar refractivity (Wildman–Crippen MR) is 141 cm³/mol. The van der Waals surface area contributed by atoms with Crippen molar-refractivity contribution in [1.82, 2.24) is 10.6 Å². The largest absolute Gasteiger partial charge is 0.391 e. The van der Waals surface area contributed by atoms with E-state index < -0.39 is 12.0 Å². The molecule has 4 atom stereocenters. The fourth-order valence-corrected chi connectivity index (χ4v) is 4.89. The van der Waals surface area contributed by atoms with Crippen LogP contribution >= 0.6 is 12.0 Å². The Hall–Kier alpha value is -2.35. The topological polar surface area (TPSA) is 98.7 Å². The first-order valence-electron chi connectivity index (χ1n) is 12.6. The Morgan fingerprint density at radius 2 is 1.74 bits per heavy atom. The minimum atomic E-state index is -0.755. The summed E-state index contributed by atoms with van der Waals surface area (Å²) in [7, 11) is 0. The number of hydrogen-bond acceptors (Lipinski definition) is 5. The summed E-state index contributed by atoms with van der Waals surface area (Å²) in [6, 6.07) is 18.2. The zero-order valence-corrected chi connectivity index (χ0v) is 21.5. The van der Waals surface area contributed by atoms with Crippen molar-refractivity contribution in [3.8, 4) is 0 Å². The zero-order valence-electron chi connectivity index (χ0n) is 20.7. The third-order valence-electron chi connectivity index (χ3n) is 6.68. The van der Waals surface area contributed by atoms with Crippen molar-refractivity contribution >= 4 is 23.9 Å². The molecular formula is C28H38N2O4S. The Morgan fingerprint density at radius 1 is 1.06 bits per heavy atom. The number of aryl methyl sites for hydroxylation is 2. The molecular weight excluding hydrogens is 460 g/mol. The van der Waals surface area contributed by atoms with Gasteiger partial charge in [-0.25, -0.2) is 0 Å². The van der Waals surface area contributed by atoms with E-state index >= 15 is 0 Å². The second-order valence-electron chi connectivity index (χ2n) is 9.52. The minimum absolute atomic E-state index is 0.00669. The maximum Gasteiger partial charge on any atom is 0.223 e. The number of aliphatic hydroxyl groups excluding tert-OH is 1. The number of aliphatic hydroxyl groups is 1. The number of carbonyl (C=O) groups excluding carboxylic acids is 2. The van der Waals surface area contributed by atoms with Crippen LogP contribution in [0.25, 0.3) is 0 Å². The van der Waals surface area contributed by atoms with E-state index in [9.17, 15) is 19.2 Å². The number of nitrogens with one attached hydrogen (secondary N) is 2. The summed E-state index contributed by atoms with van der Waals surface area (Å²) >= 11 is 0.793. The Bertz CT molecular complexity index is 951. The third kappa shape index (κ3) is 8.37. The number of amides is 2. The van der Waals surface area contributed by atoms with E-state index in [1.165, 1.54) is 11.1 Å². The molecule has 2 aliphatic rings. The molecule has 0 aromatic heterocycles. The fraction of sp³-hybridized carbons (Fsp3) is 0.500. The summed E-state index contributed by atoms with van der Waals surface area (Å²) in [5, 5.41) is 15.9. The first-order valence-corrected chi connectivity index (χ1v) is 13.4. The lowest BCUT2D eigenvalue weighted by molar-refractivity contribution is -0.126. The van der Waals surface area contributed by atoms with Gasteiger partial charge in [-0.3, -0.25) is 9.59 Å². The molecule has 0 spiro atoms. The number of hydrogen-bond donors (Lipinski definition) is 4. The lowest BCUT2D eigenvalue weighted by Gasteiger charge is -2.33. The maximum absolute atomic E-state index is 12.7. The van der Waals surface area contributed by atoms with Crippen LogP contribution in [0, 0.1) is 11.8 Å². The Balaban J connectivity index is 0.000000363. The standard InChI is InChI=1S/C20H28N2O4S.C8H10/c1-12(10-15(23)11-21-20(25)14-6-7-14)19(24)22-18-16-5-3-2-4-13(16)8-9-17(18)27-26;1-2-8-6-4-3-5-7-8/h2-5,12,14-15,17-18,23,26H,6-11H2,1H3,(H,21,25)(H,22,24);3-7H,2H2,1H3. The van der Waals surface area contributed by atoms with Crippen LogP contribution in [0.15, 0.2) is 54.6 Å². The zero-order chi connectivity index (χ0) is 25.2. The number of rotatable bonds is 9. The third-order valence-corrected chi connectivity index (χ3v) is 7.46. The monoisotopic (exact) mass is 498 g/mol. The lowest BCUT2D eigenvalue weighted by atomic mass is 9.87. The lowest BCUT2D eigenvalue weighted by Crippen LogP contribution is -2.42. The molecule has 0 saturated heterocycles. The molecule has 6 nitrogen and oxygen atoms in total. The normalized spacial score (nSPS) is 20.5. The molecule has 7 heteroatoms. The minimum Gasteiger partial charge on any atom is -0.391 e. The number of fused-ring (bicyclic) bond motifs is 1. The smallest absolute Gasteiger partial charge is 0.223 e. The van der Waals surface area contributed by atoms with Gasteiger partial charge >= 0.3 is 0 Å². The van der Waals surface area contributed by atoms with Gasteiger partial charge in [0.05, 0.1) is 17.4 Å². The SMILES string of the molecule is CC(CC(O)CNC(=O)C1CC1)C(=O)NC1c2ccccc2CCC1SO.CCc1ccccc1. The summed E-state index contributed by atoms with van der Waals surface area (Å²) in [4.78, 5) is 24.3. The summed E-state index contributed by atoms with van der Waals surface area (Å²) in [5.41, 5.74) is 3.66. The molecule has 4 rings (SSSR count). The van der Waals surface area contributed by atoms with Crippen molar-refractivity contribution in [3.63, 3.8) is 0 Å². The average Bonchev–Trinajstić information content (AvgIpc) is 3.74. The second-order valence-corrected chi connectivity index (χ2v) is 10.3.